The van der Waals surface area contributed by atoms with E-state index in [1.54, 1.807) is 4.57 Å². The van der Waals surface area contributed by atoms with Crippen LogP contribution in [0.2, 0.25) is 0 Å². The molecule has 0 radical (unpaired) electrons. The zero-order valence-corrected chi connectivity index (χ0v) is 13.0. The number of carboxylic acids is 1. The highest BCUT2D eigenvalue weighted by atomic mass is 79.9. The Morgan fingerprint density at radius 3 is 2.76 bits per heavy atom. The minimum Gasteiger partial charge on any atom is -0.480 e. The van der Waals surface area contributed by atoms with E-state index in [0.29, 0.717) is 5.82 Å². The van der Waals surface area contributed by atoms with E-state index in [0.717, 1.165) is 26.6 Å². The summed E-state index contributed by atoms with van der Waals surface area (Å²) in [4.78, 5) is 15.8. The third kappa shape index (κ3) is 2.45. The highest BCUT2D eigenvalue weighted by Gasteiger charge is 2.17. The Hall–Kier alpha value is -2.14. The Balaban J connectivity index is 2.31. The quantitative estimate of drug-likeness (QED) is 0.784. The number of carboxylic acid groups (broad SMARTS) is 1. The highest BCUT2D eigenvalue weighted by molar-refractivity contribution is 9.10. The number of aliphatic carboxylic acids is 1. The Morgan fingerprint density at radius 1 is 1.24 bits per heavy atom. The molecule has 3 aromatic rings. The van der Waals surface area contributed by atoms with E-state index in [2.05, 4.69) is 20.9 Å². The topological polar surface area (TPSA) is 55.1 Å². The Morgan fingerprint density at radius 2 is 2.00 bits per heavy atom. The average molecular weight is 345 g/mol. The molecule has 0 unspecified atom stereocenters. The van der Waals surface area contributed by atoms with Crippen molar-refractivity contribution in [3.8, 4) is 11.4 Å². The van der Waals surface area contributed by atoms with Crippen molar-refractivity contribution in [1.82, 2.24) is 9.55 Å². The van der Waals surface area contributed by atoms with Gasteiger partial charge in [-0.1, -0.05) is 30.3 Å². The molecular formula is C16H13BrN2O2. The van der Waals surface area contributed by atoms with E-state index in [4.69, 9.17) is 0 Å². The van der Waals surface area contributed by atoms with Gasteiger partial charge >= 0.3 is 5.97 Å². The molecule has 0 amide bonds. The van der Waals surface area contributed by atoms with Gasteiger partial charge in [-0.15, -0.1) is 0 Å². The molecular weight excluding hydrogens is 332 g/mol. The molecule has 21 heavy (non-hydrogen) atoms. The predicted molar refractivity (Wildman–Crippen MR) is 85.2 cm³/mol. The summed E-state index contributed by atoms with van der Waals surface area (Å²) in [6.07, 6.45) is 0. The Kier molecular flexibility index (Phi) is 3.51. The van der Waals surface area contributed by atoms with Crippen molar-refractivity contribution in [2.45, 2.75) is 13.5 Å². The summed E-state index contributed by atoms with van der Waals surface area (Å²) in [5, 5.41) is 9.18. The number of aryl methyl sites for hydroxylation is 1. The van der Waals surface area contributed by atoms with Crippen LogP contribution in [0.15, 0.2) is 46.9 Å². The number of fused-ring (bicyclic) bond motifs is 1. The smallest absolute Gasteiger partial charge is 0.323 e. The number of carbonyl (C=O) groups is 1. The normalized spacial score (nSPS) is 11.0. The zero-order chi connectivity index (χ0) is 15.0. The first-order chi connectivity index (χ1) is 10.1. The molecule has 0 atom stereocenters. The maximum atomic E-state index is 11.2. The number of hydrogen-bond acceptors (Lipinski definition) is 2. The van der Waals surface area contributed by atoms with Crippen LogP contribution in [0.5, 0.6) is 0 Å². The van der Waals surface area contributed by atoms with Gasteiger partial charge in [-0.2, -0.15) is 0 Å². The van der Waals surface area contributed by atoms with Crippen LogP contribution in [-0.2, 0) is 11.3 Å². The predicted octanol–water partition coefficient (Wildman–Crippen LogP) is 3.86. The molecule has 0 bridgehead atoms. The Bertz CT molecular complexity index is 839. The zero-order valence-electron chi connectivity index (χ0n) is 11.4. The van der Waals surface area contributed by atoms with E-state index >= 15 is 0 Å². The molecule has 5 heteroatoms. The Labute approximate surface area is 130 Å². The molecule has 106 valence electrons. The second-order valence-electron chi connectivity index (χ2n) is 4.84. The minimum absolute atomic E-state index is 0.115. The molecule has 0 saturated heterocycles. The molecule has 0 aliphatic rings. The van der Waals surface area contributed by atoms with Crippen molar-refractivity contribution in [2.75, 3.05) is 0 Å². The van der Waals surface area contributed by atoms with E-state index < -0.39 is 5.97 Å². The summed E-state index contributed by atoms with van der Waals surface area (Å²) < 4.78 is 2.67. The van der Waals surface area contributed by atoms with Crippen molar-refractivity contribution < 1.29 is 9.90 Å². The minimum atomic E-state index is -0.886. The van der Waals surface area contributed by atoms with E-state index in [1.807, 2.05) is 49.4 Å². The summed E-state index contributed by atoms with van der Waals surface area (Å²) in [6.45, 7) is 1.88. The summed E-state index contributed by atoms with van der Waals surface area (Å²) >= 11 is 3.57. The lowest BCUT2D eigenvalue weighted by Crippen LogP contribution is -2.10. The van der Waals surface area contributed by atoms with Gasteiger partial charge in [0.15, 0.2) is 0 Å². The van der Waals surface area contributed by atoms with Crippen molar-refractivity contribution in [1.29, 1.82) is 0 Å². The summed E-state index contributed by atoms with van der Waals surface area (Å²) in [5.41, 5.74) is 3.60. The molecule has 0 spiro atoms. The first-order valence-electron chi connectivity index (χ1n) is 6.50. The van der Waals surface area contributed by atoms with Crippen LogP contribution in [0.3, 0.4) is 0 Å². The first-order valence-corrected chi connectivity index (χ1v) is 7.30. The maximum absolute atomic E-state index is 11.2. The number of hydrogen-bond donors (Lipinski definition) is 1. The van der Waals surface area contributed by atoms with E-state index in [1.165, 1.54) is 0 Å². The fourth-order valence-corrected chi connectivity index (χ4v) is 2.84. The molecule has 1 heterocycles. The molecule has 3 rings (SSSR count). The van der Waals surface area contributed by atoms with Crippen LogP contribution in [0.1, 0.15) is 5.56 Å². The van der Waals surface area contributed by atoms with Gasteiger partial charge in [-0.25, -0.2) is 4.98 Å². The molecule has 2 aromatic carbocycles. The first kappa shape index (κ1) is 13.8. The fourth-order valence-electron chi connectivity index (χ4n) is 2.40. The van der Waals surface area contributed by atoms with Gasteiger partial charge in [0.05, 0.1) is 11.0 Å². The largest absolute Gasteiger partial charge is 0.480 e. The maximum Gasteiger partial charge on any atom is 0.323 e. The third-order valence-electron chi connectivity index (χ3n) is 3.38. The van der Waals surface area contributed by atoms with E-state index in [9.17, 15) is 9.90 Å². The molecule has 0 fully saturated rings. The molecule has 4 nitrogen and oxygen atoms in total. The number of rotatable bonds is 3. The van der Waals surface area contributed by atoms with Gasteiger partial charge < -0.3 is 9.67 Å². The molecule has 1 aromatic heterocycles. The van der Waals surface area contributed by atoms with Gasteiger partial charge in [-0.05, 0) is 40.5 Å². The standard InChI is InChI=1S/C16H13BrN2O2/c1-10-5-4-6-11(15(10)17)16-18-12-7-2-3-8-13(12)19(16)9-14(20)21/h2-8H,9H2,1H3,(H,20,21). The van der Waals surface area contributed by atoms with Crippen LogP contribution >= 0.6 is 15.9 Å². The number of halogens is 1. The SMILES string of the molecule is Cc1cccc(-c2nc3ccccc3n2CC(=O)O)c1Br. The number of para-hydroxylation sites is 2. The highest BCUT2D eigenvalue weighted by Crippen LogP contribution is 2.32. The number of aromatic nitrogens is 2. The summed E-state index contributed by atoms with van der Waals surface area (Å²) in [5.74, 6) is -0.225. The van der Waals surface area contributed by atoms with E-state index in [-0.39, 0.29) is 6.54 Å². The monoisotopic (exact) mass is 344 g/mol. The van der Waals surface area contributed by atoms with Crippen molar-refractivity contribution in [3.05, 3.63) is 52.5 Å². The van der Waals surface area contributed by atoms with Crippen LogP contribution in [0.25, 0.3) is 22.4 Å². The summed E-state index contributed by atoms with van der Waals surface area (Å²) in [7, 11) is 0. The van der Waals surface area contributed by atoms with Gasteiger partial charge in [-0.3, -0.25) is 4.79 Å². The van der Waals surface area contributed by atoms with Gasteiger partial charge in [0.25, 0.3) is 0 Å². The summed E-state index contributed by atoms with van der Waals surface area (Å²) in [6, 6.07) is 13.4. The lowest BCUT2D eigenvalue weighted by atomic mass is 10.1. The molecule has 0 aliphatic heterocycles. The lowest BCUT2D eigenvalue weighted by molar-refractivity contribution is -0.137. The fraction of sp³-hybridized carbons (Fsp3) is 0.125. The number of nitrogens with zero attached hydrogens (tertiary/aromatic N) is 2. The number of imidazole rings is 1. The average Bonchev–Trinajstić information content (AvgIpc) is 2.80. The van der Waals surface area contributed by atoms with Crippen LogP contribution < -0.4 is 0 Å². The van der Waals surface area contributed by atoms with Crippen LogP contribution in [-0.4, -0.2) is 20.6 Å². The second kappa shape index (κ2) is 5.33. The van der Waals surface area contributed by atoms with Gasteiger partial charge in [0.2, 0.25) is 0 Å². The lowest BCUT2D eigenvalue weighted by Gasteiger charge is -2.09. The molecule has 1 N–H and O–H groups in total. The van der Waals surface area contributed by atoms with Crippen molar-refractivity contribution in [3.63, 3.8) is 0 Å². The number of benzene rings is 2. The van der Waals surface area contributed by atoms with Crippen LogP contribution in [0.4, 0.5) is 0 Å². The van der Waals surface area contributed by atoms with Crippen molar-refractivity contribution >= 4 is 32.9 Å². The molecule has 0 aliphatic carbocycles. The third-order valence-corrected chi connectivity index (χ3v) is 4.43. The second-order valence-corrected chi connectivity index (χ2v) is 5.63. The van der Waals surface area contributed by atoms with Crippen LogP contribution in [0, 0.1) is 6.92 Å². The van der Waals surface area contributed by atoms with Crippen molar-refractivity contribution in [2.24, 2.45) is 0 Å². The van der Waals surface area contributed by atoms with Gasteiger partial charge in [0, 0.05) is 10.0 Å². The van der Waals surface area contributed by atoms with Gasteiger partial charge in [0.1, 0.15) is 12.4 Å². The molecule has 0 saturated carbocycles.